The number of fused-ring (bicyclic) bond motifs is 1. The molecule has 30 heavy (non-hydrogen) atoms. The number of nitrogens with one attached hydrogen (secondary N) is 4. The van der Waals surface area contributed by atoms with E-state index in [0.29, 0.717) is 33.8 Å². The third-order valence-electron chi connectivity index (χ3n) is 4.31. The number of imidazole rings is 1. The molecule has 0 fully saturated rings. The van der Waals surface area contributed by atoms with E-state index in [9.17, 15) is 14.4 Å². The Bertz CT molecular complexity index is 1260. The first kappa shape index (κ1) is 19.0. The molecule has 0 spiro atoms. The number of anilines is 1. The van der Waals surface area contributed by atoms with Gasteiger partial charge in [-0.3, -0.25) is 9.59 Å². The third-order valence-corrected chi connectivity index (χ3v) is 4.31. The Kier molecular flexibility index (Phi) is 5.29. The molecule has 4 aromatic rings. The first-order valence-corrected chi connectivity index (χ1v) is 9.20. The van der Waals surface area contributed by atoms with Crippen molar-refractivity contribution in [3.05, 3.63) is 88.8 Å². The molecule has 0 saturated carbocycles. The second-order valence-corrected chi connectivity index (χ2v) is 6.48. The number of hydrogen-bond acceptors (Lipinski definition) is 4. The van der Waals surface area contributed by atoms with Crippen molar-refractivity contribution < 1.29 is 14.3 Å². The molecule has 0 atom stereocenters. The number of hydrogen-bond donors (Lipinski definition) is 4. The Balaban J connectivity index is 1.39. The van der Waals surface area contributed by atoms with Crippen LogP contribution >= 0.6 is 0 Å². The molecule has 0 radical (unpaired) electrons. The van der Waals surface area contributed by atoms with Gasteiger partial charge < -0.3 is 25.3 Å². The van der Waals surface area contributed by atoms with Crippen molar-refractivity contribution >= 4 is 28.5 Å². The summed E-state index contributed by atoms with van der Waals surface area (Å²) in [5, 5.41) is 5.28. The van der Waals surface area contributed by atoms with Gasteiger partial charge in [-0.1, -0.05) is 30.3 Å². The molecule has 8 nitrogen and oxygen atoms in total. The Hall–Kier alpha value is -4.33. The highest BCUT2D eigenvalue weighted by molar-refractivity contribution is 6.01. The third kappa shape index (κ3) is 4.39. The van der Waals surface area contributed by atoms with E-state index in [1.165, 1.54) is 0 Å². The summed E-state index contributed by atoms with van der Waals surface area (Å²) in [6.45, 7) is -0.222. The van der Waals surface area contributed by atoms with Crippen molar-refractivity contribution in [2.75, 3.05) is 11.9 Å². The molecule has 0 aliphatic heterocycles. The average Bonchev–Trinajstić information content (AvgIpc) is 3.12. The van der Waals surface area contributed by atoms with Gasteiger partial charge in [-0.05, 0) is 42.5 Å². The zero-order valence-corrected chi connectivity index (χ0v) is 15.8. The van der Waals surface area contributed by atoms with E-state index in [-0.39, 0.29) is 12.2 Å². The number of aromatic amines is 2. The van der Waals surface area contributed by atoms with Crippen LogP contribution in [-0.2, 0) is 4.79 Å². The van der Waals surface area contributed by atoms with Crippen LogP contribution in [0.4, 0.5) is 5.69 Å². The second-order valence-electron chi connectivity index (χ2n) is 6.48. The minimum atomic E-state index is -0.429. The highest BCUT2D eigenvalue weighted by atomic mass is 16.5. The molecule has 0 saturated heterocycles. The topological polar surface area (TPSA) is 116 Å². The van der Waals surface area contributed by atoms with Crippen LogP contribution in [0.3, 0.4) is 0 Å². The van der Waals surface area contributed by atoms with Crippen molar-refractivity contribution in [1.29, 1.82) is 0 Å². The first-order chi connectivity index (χ1) is 14.6. The van der Waals surface area contributed by atoms with E-state index in [4.69, 9.17) is 4.74 Å². The molecule has 3 aromatic carbocycles. The number of amides is 2. The van der Waals surface area contributed by atoms with Gasteiger partial charge in [0.05, 0.1) is 23.1 Å². The van der Waals surface area contributed by atoms with Crippen LogP contribution in [0.1, 0.15) is 10.4 Å². The lowest BCUT2D eigenvalue weighted by molar-refractivity contribution is -0.115. The summed E-state index contributed by atoms with van der Waals surface area (Å²) in [6.07, 6.45) is 0. The molecule has 4 N–H and O–H groups in total. The molecule has 2 amide bonds. The van der Waals surface area contributed by atoms with Gasteiger partial charge in [0.25, 0.3) is 5.91 Å². The predicted molar refractivity (Wildman–Crippen MR) is 113 cm³/mol. The normalized spacial score (nSPS) is 10.5. The van der Waals surface area contributed by atoms with Gasteiger partial charge in [-0.25, -0.2) is 4.79 Å². The maximum absolute atomic E-state index is 12.6. The Morgan fingerprint density at radius 2 is 1.60 bits per heavy atom. The fourth-order valence-electron chi connectivity index (χ4n) is 2.93. The summed E-state index contributed by atoms with van der Waals surface area (Å²) in [5.41, 5.74) is 1.72. The Morgan fingerprint density at radius 3 is 2.43 bits per heavy atom. The predicted octanol–water partition coefficient (Wildman–Crippen LogP) is 3.02. The number of aromatic nitrogens is 2. The van der Waals surface area contributed by atoms with Crippen LogP contribution < -0.4 is 21.1 Å². The van der Waals surface area contributed by atoms with E-state index in [2.05, 4.69) is 20.6 Å². The number of rotatable bonds is 6. The van der Waals surface area contributed by atoms with Gasteiger partial charge in [-0.2, -0.15) is 0 Å². The Morgan fingerprint density at radius 1 is 0.867 bits per heavy atom. The van der Waals surface area contributed by atoms with Crippen molar-refractivity contribution in [3.63, 3.8) is 0 Å². The van der Waals surface area contributed by atoms with Gasteiger partial charge in [-0.15, -0.1) is 0 Å². The second kappa shape index (κ2) is 8.36. The van der Waals surface area contributed by atoms with Crippen LogP contribution in [0.25, 0.3) is 11.0 Å². The average molecular weight is 402 g/mol. The lowest BCUT2D eigenvalue weighted by Crippen LogP contribution is -2.33. The van der Waals surface area contributed by atoms with E-state index < -0.39 is 11.8 Å². The minimum absolute atomic E-state index is 0.222. The molecule has 0 bridgehead atoms. The monoisotopic (exact) mass is 402 g/mol. The van der Waals surface area contributed by atoms with Gasteiger partial charge >= 0.3 is 5.69 Å². The van der Waals surface area contributed by atoms with Crippen molar-refractivity contribution in [3.8, 4) is 11.5 Å². The molecule has 0 unspecified atom stereocenters. The zero-order chi connectivity index (χ0) is 20.9. The van der Waals surface area contributed by atoms with Crippen LogP contribution in [0.2, 0.25) is 0 Å². The molecule has 0 aliphatic rings. The fourth-order valence-corrected chi connectivity index (χ4v) is 2.93. The van der Waals surface area contributed by atoms with E-state index >= 15 is 0 Å². The molecule has 150 valence electrons. The van der Waals surface area contributed by atoms with E-state index in [0.717, 1.165) is 0 Å². The van der Waals surface area contributed by atoms with Crippen molar-refractivity contribution in [2.45, 2.75) is 0 Å². The molecule has 1 heterocycles. The van der Waals surface area contributed by atoms with E-state index in [1.54, 1.807) is 54.6 Å². The van der Waals surface area contributed by atoms with Crippen molar-refractivity contribution in [2.24, 2.45) is 0 Å². The number of H-pyrrole nitrogens is 2. The van der Waals surface area contributed by atoms with Crippen molar-refractivity contribution in [1.82, 2.24) is 15.3 Å². The highest BCUT2D eigenvalue weighted by Gasteiger charge is 2.14. The standard InChI is InChI=1S/C22H18N4O4/c27-20(24-14-10-11-17-18(12-14)26-22(29)25-17)13-23-21(28)16-8-4-5-9-19(16)30-15-6-2-1-3-7-15/h1-12H,13H2,(H,23,28)(H,24,27)(H2,25,26,29). The van der Waals surface area contributed by atoms with Gasteiger partial charge in [0, 0.05) is 5.69 Å². The number of para-hydroxylation sites is 2. The summed E-state index contributed by atoms with van der Waals surface area (Å²) < 4.78 is 5.78. The number of carbonyl (C=O) groups excluding carboxylic acids is 2. The van der Waals surface area contributed by atoms with Gasteiger partial charge in [0.15, 0.2) is 0 Å². The van der Waals surface area contributed by atoms with Crippen LogP contribution in [0, 0.1) is 0 Å². The summed E-state index contributed by atoms with van der Waals surface area (Å²) in [6, 6.07) is 20.9. The van der Waals surface area contributed by atoms with Gasteiger partial charge in [0.1, 0.15) is 11.5 Å². The summed E-state index contributed by atoms with van der Waals surface area (Å²) >= 11 is 0. The molecule has 4 rings (SSSR count). The molecular weight excluding hydrogens is 384 g/mol. The minimum Gasteiger partial charge on any atom is -0.457 e. The fraction of sp³-hybridized carbons (Fsp3) is 0.0455. The maximum Gasteiger partial charge on any atom is 0.323 e. The zero-order valence-electron chi connectivity index (χ0n) is 15.8. The number of benzene rings is 3. The molecular formula is C22H18N4O4. The molecule has 8 heteroatoms. The number of carbonyl (C=O) groups is 2. The lowest BCUT2D eigenvalue weighted by Gasteiger charge is -2.11. The Labute approximate surface area is 170 Å². The highest BCUT2D eigenvalue weighted by Crippen LogP contribution is 2.24. The lowest BCUT2D eigenvalue weighted by atomic mass is 10.2. The molecule has 1 aromatic heterocycles. The molecule has 0 aliphatic carbocycles. The largest absolute Gasteiger partial charge is 0.457 e. The van der Waals surface area contributed by atoms with Gasteiger partial charge in [0.2, 0.25) is 5.91 Å². The van der Waals surface area contributed by atoms with Crippen LogP contribution in [-0.4, -0.2) is 28.3 Å². The SMILES string of the molecule is O=C(CNC(=O)c1ccccc1Oc1ccccc1)Nc1ccc2[nH]c(=O)[nH]c2c1. The summed E-state index contributed by atoms with van der Waals surface area (Å²) in [5.74, 6) is 0.168. The first-order valence-electron chi connectivity index (χ1n) is 9.20. The van der Waals surface area contributed by atoms with Crippen LogP contribution in [0.5, 0.6) is 11.5 Å². The summed E-state index contributed by atoms with van der Waals surface area (Å²) in [7, 11) is 0. The quantitative estimate of drug-likeness (QED) is 0.397. The van der Waals surface area contributed by atoms with E-state index in [1.807, 2.05) is 18.2 Å². The number of ether oxygens (including phenoxy) is 1. The summed E-state index contributed by atoms with van der Waals surface area (Å²) in [4.78, 5) is 41.4. The van der Waals surface area contributed by atoms with Crippen LogP contribution in [0.15, 0.2) is 77.6 Å². The smallest absolute Gasteiger partial charge is 0.323 e. The maximum atomic E-state index is 12.6.